The van der Waals surface area contributed by atoms with Crippen LogP contribution in [0.4, 0.5) is 17.3 Å². The summed E-state index contributed by atoms with van der Waals surface area (Å²) >= 11 is 0. The van der Waals surface area contributed by atoms with Crippen LogP contribution in [0.3, 0.4) is 0 Å². The number of hydrogen-bond acceptors (Lipinski definition) is 5. The van der Waals surface area contributed by atoms with E-state index in [0.717, 1.165) is 49.4 Å². The van der Waals surface area contributed by atoms with Crippen molar-refractivity contribution >= 4 is 23.2 Å². The van der Waals surface area contributed by atoms with Crippen molar-refractivity contribution < 1.29 is 4.79 Å². The van der Waals surface area contributed by atoms with Crippen molar-refractivity contribution in [1.82, 2.24) is 14.9 Å². The summed E-state index contributed by atoms with van der Waals surface area (Å²) in [5.41, 5.74) is 4.45. The first kappa shape index (κ1) is 21.7. The molecule has 2 aromatic rings. The largest absolute Gasteiger partial charge is 0.372 e. The van der Waals surface area contributed by atoms with Crippen molar-refractivity contribution in [3.8, 4) is 0 Å². The summed E-state index contributed by atoms with van der Waals surface area (Å²) in [5.74, 6) is 0.376. The smallest absolute Gasteiger partial charge is 0.272 e. The molecule has 1 heterocycles. The van der Waals surface area contributed by atoms with Crippen LogP contribution < -0.4 is 10.2 Å². The number of unbranched alkanes of at least 4 members (excludes halogenated alkanes) is 1. The Morgan fingerprint density at radius 3 is 2.39 bits per heavy atom. The quantitative estimate of drug-likeness (QED) is 0.688. The molecule has 0 bridgehead atoms. The van der Waals surface area contributed by atoms with Gasteiger partial charge in [0.1, 0.15) is 5.69 Å². The molecule has 2 rings (SSSR count). The molecule has 0 aliphatic carbocycles. The fourth-order valence-corrected chi connectivity index (χ4v) is 3.12. The molecule has 0 saturated heterocycles. The molecule has 0 atom stereocenters. The number of hydrogen-bond donors (Lipinski definition) is 1. The third kappa shape index (κ3) is 5.44. The molecule has 1 N–H and O–H groups in total. The van der Waals surface area contributed by atoms with E-state index in [4.69, 9.17) is 0 Å². The lowest BCUT2D eigenvalue weighted by Gasteiger charge is -2.22. The van der Waals surface area contributed by atoms with Gasteiger partial charge in [0.2, 0.25) is 5.95 Å². The van der Waals surface area contributed by atoms with E-state index in [0.29, 0.717) is 11.6 Å². The number of nitrogens with one attached hydrogen (secondary N) is 1. The Morgan fingerprint density at radius 2 is 1.79 bits per heavy atom. The maximum absolute atomic E-state index is 12.7. The van der Waals surface area contributed by atoms with Gasteiger partial charge in [-0.05, 0) is 63.9 Å². The predicted octanol–water partition coefficient (Wildman–Crippen LogP) is 4.56. The molecule has 152 valence electrons. The van der Waals surface area contributed by atoms with Crippen LogP contribution in [0.2, 0.25) is 0 Å². The first-order valence-electron chi connectivity index (χ1n) is 10.1. The standard InChI is InChI=1S/C22H33N5O/c1-7-10-13-26(6)21(28)20-15-17(5)23-22(25-20)24-19-12-11-18(14-16(19)4)27(8-2)9-3/h11-12,14-15H,7-10,13H2,1-6H3,(H,23,24,25). The number of aromatic nitrogens is 2. The van der Waals surface area contributed by atoms with Gasteiger partial charge in [-0.2, -0.15) is 0 Å². The van der Waals surface area contributed by atoms with Gasteiger partial charge >= 0.3 is 0 Å². The minimum atomic E-state index is -0.0735. The number of nitrogens with zero attached hydrogens (tertiary/aromatic N) is 4. The van der Waals surface area contributed by atoms with Crippen LogP contribution in [-0.4, -0.2) is 47.5 Å². The van der Waals surface area contributed by atoms with Crippen LogP contribution in [0.25, 0.3) is 0 Å². The summed E-state index contributed by atoms with van der Waals surface area (Å²) in [6.45, 7) is 13.0. The van der Waals surface area contributed by atoms with Crippen LogP contribution in [-0.2, 0) is 0 Å². The van der Waals surface area contributed by atoms with Gasteiger partial charge in [0.25, 0.3) is 5.91 Å². The average molecular weight is 384 g/mol. The summed E-state index contributed by atoms with van der Waals surface area (Å²) in [4.78, 5) is 25.6. The van der Waals surface area contributed by atoms with Gasteiger partial charge in [-0.25, -0.2) is 9.97 Å². The van der Waals surface area contributed by atoms with E-state index in [9.17, 15) is 4.79 Å². The minimum Gasteiger partial charge on any atom is -0.372 e. The monoisotopic (exact) mass is 383 g/mol. The Labute approximate surface area is 169 Å². The van der Waals surface area contributed by atoms with Crippen molar-refractivity contribution in [2.45, 2.75) is 47.5 Å². The maximum atomic E-state index is 12.7. The summed E-state index contributed by atoms with van der Waals surface area (Å²) in [7, 11) is 1.82. The Morgan fingerprint density at radius 1 is 1.07 bits per heavy atom. The zero-order chi connectivity index (χ0) is 20.7. The van der Waals surface area contributed by atoms with Crippen LogP contribution in [0.5, 0.6) is 0 Å². The molecule has 1 aromatic heterocycles. The van der Waals surface area contributed by atoms with Crippen molar-refractivity contribution in [2.24, 2.45) is 0 Å². The zero-order valence-electron chi connectivity index (χ0n) is 18.0. The van der Waals surface area contributed by atoms with E-state index >= 15 is 0 Å². The van der Waals surface area contributed by atoms with E-state index < -0.39 is 0 Å². The second kappa shape index (κ2) is 10.1. The fraction of sp³-hybridized carbons (Fsp3) is 0.500. The molecule has 1 aromatic carbocycles. The molecule has 0 unspecified atom stereocenters. The number of carbonyl (C=O) groups is 1. The maximum Gasteiger partial charge on any atom is 0.272 e. The molecule has 0 aliphatic rings. The normalized spacial score (nSPS) is 10.6. The molecular formula is C22H33N5O. The van der Waals surface area contributed by atoms with Crippen LogP contribution in [0.1, 0.15) is 55.4 Å². The van der Waals surface area contributed by atoms with Crippen LogP contribution in [0, 0.1) is 13.8 Å². The molecule has 0 aliphatic heterocycles. The van der Waals surface area contributed by atoms with Crippen molar-refractivity contribution in [3.05, 3.63) is 41.2 Å². The van der Waals surface area contributed by atoms with E-state index in [1.54, 1.807) is 11.0 Å². The van der Waals surface area contributed by atoms with Crippen LogP contribution in [0.15, 0.2) is 24.3 Å². The molecule has 28 heavy (non-hydrogen) atoms. The molecular weight excluding hydrogens is 350 g/mol. The first-order valence-corrected chi connectivity index (χ1v) is 10.1. The van der Waals surface area contributed by atoms with Gasteiger partial charge in [0.05, 0.1) is 0 Å². The van der Waals surface area contributed by atoms with Gasteiger partial charge in [0.15, 0.2) is 0 Å². The number of benzene rings is 1. The van der Waals surface area contributed by atoms with Crippen molar-refractivity contribution in [3.63, 3.8) is 0 Å². The number of anilines is 3. The van der Waals surface area contributed by atoms with Gasteiger partial charge in [0, 0.05) is 43.8 Å². The highest BCUT2D eigenvalue weighted by atomic mass is 16.2. The fourth-order valence-electron chi connectivity index (χ4n) is 3.12. The molecule has 0 radical (unpaired) electrons. The number of rotatable bonds is 9. The topological polar surface area (TPSA) is 61.4 Å². The average Bonchev–Trinajstić information content (AvgIpc) is 2.68. The molecule has 6 heteroatoms. The van der Waals surface area contributed by atoms with E-state index in [2.05, 4.69) is 60.0 Å². The number of aryl methyl sites for hydroxylation is 2. The molecule has 0 spiro atoms. The molecule has 1 amide bonds. The lowest BCUT2D eigenvalue weighted by Crippen LogP contribution is -2.28. The molecule has 6 nitrogen and oxygen atoms in total. The number of carbonyl (C=O) groups excluding carboxylic acids is 1. The van der Waals surface area contributed by atoms with Gasteiger partial charge in [-0.3, -0.25) is 4.79 Å². The van der Waals surface area contributed by atoms with Crippen molar-refractivity contribution in [2.75, 3.05) is 36.9 Å². The lowest BCUT2D eigenvalue weighted by atomic mass is 10.1. The van der Waals surface area contributed by atoms with Gasteiger partial charge in [-0.1, -0.05) is 13.3 Å². The van der Waals surface area contributed by atoms with Gasteiger partial charge < -0.3 is 15.1 Å². The zero-order valence-corrected chi connectivity index (χ0v) is 18.0. The second-order valence-corrected chi connectivity index (χ2v) is 7.09. The predicted molar refractivity (Wildman–Crippen MR) is 117 cm³/mol. The third-order valence-corrected chi connectivity index (χ3v) is 4.85. The second-order valence-electron chi connectivity index (χ2n) is 7.09. The third-order valence-electron chi connectivity index (χ3n) is 4.85. The first-order chi connectivity index (χ1) is 13.4. The number of amides is 1. The molecule has 0 fully saturated rings. The van der Waals surface area contributed by atoms with Crippen molar-refractivity contribution in [1.29, 1.82) is 0 Å². The van der Waals surface area contributed by atoms with Gasteiger partial charge in [-0.15, -0.1) is 0 Å². The highest BCUT2D eigenvalue weighted by molar-refractivity contribution is 5.92. The molecule has 0 saturated carbocycles. The Kier molecular flexibility index (Phi) is 7.79. The van der Waals surface area contributed by atoms with E-state index in [1.807, 2.05) is 20.0 Å². The highest BCUT2D eigenvalue weighted by Gasteiger charge is 2.15. The summed E-state index contributed by atoms with van der Waals surface area (Å²) in [5, 5.41) is 3.28. The van der Waals surface area contributed by atoms with E-state index in [1.165, 1.54) is 5.69 Å². The lowest BCUT2D eigenvalue weighted by molar-refractivity contribution is 0.0787. The Bertz CT molecular complexity index is 802. The highest BCUT2D eigenvalue weighted by Crippen LogP contribution is 2.24. The summed E-state index contributed by atoms with van der Waals surface area (Å²) in [6.07, 6.45) is 2.03. The minimum absolute atomic E-state index is 0.0735. The Balaban J connectivity index is 2.23. The van der Waals surface area contributed by atoms with E-state index in [-0.39, 0.29) is 5.91 Å². The summed E-state index contributed by atoms with van der Waals surface area (Å²) in [6, 6.07) is 8.05. The van der Waals surface area contributed by atoms with Crippen LogP contribution >= 0.6 is 0 Å². The SMILES string of the molecule is CCCCN(C)C(=O)c1cc(C)nc(Nc2ccc(N(CC)CC)cc2C)n1. The Hall–Kier alpha value is -2.63. The summed E-state index contributed by atoms with van der Waals surface area (Å²) < 4.78 is 0.